The van der Waals surface area contributed by atoms with Gasteiger partial charge in [-0.25, -0.2) is 9.37 Å². The minimum absolute atomic E-state index is 0.121. The van der Waals surface area contributed by atoms with Gasteiger partial charge in [-0.2, -0.15) is 9.78 Å². The van der Waals surface area contributed by atoms with Crippen LogP contribution < -0.4 is 15.6 Å². The number of amides is 1. The van der Waals surface area contributed by atoms with E-state index >= 15 is 0 Å². The smallest absolute Gasteiger partial charge is 0.282 e. The Morgan fingerprint density at radius 2 is 1.86 bits per heavy atom. The predicted octanol–water partition coefficient (Wildman–Crippen LogP) is 6.46. The fraction of sp³-hybridized carbons (Fsp3) is 0.154. The van der Waals surface area contributed by atoms with Crippen molar-refractivity contribution in [2.24, 2.45) is 5.10 Å². The molecule has 1 heterocycles. The van der Waals surface area contributed by atoms with Crippen molar-refractivity contribution in [2.45, 2.75) is 19.8 Å². The van der Waals surface area contributed by atoms with Crippen molar-refractivity contribution >= 4 is 67.8 Å². The molecule has 0 aliphatic heterocycles. The van der Waals surface area contributed by atoms with Gasteiger partial charge in [0.15, 0.2) is 12.4 Å². The van der Waals surface area contributed by atoms with Crippen molar-refractivity contribution in [3.8, 4) is 5.75 Å². The van der Waals surface area contributed by atoms with Crippen LogP contribution in [0.4, 0.5) is 10.1 Å². The molecule has 0 atom stereocenters. The number of halogens is 4. The summed E-state index contributed by atoms with van der Waals surface area (Å²) in [6, 6.07) is 13.8. The van der Waals surface area contributed by atoms with Gasteiger partial charge < -0.3 is 10.1 Å². The van der Waals surface area contributed by atoms with E-state index in [1.807, 2.05) is 13.0 Å². The number of anilines is 1. The fourth-order valence-corrected chi connectivity index (χ4v) is 4.46. The first kappa shape index (κ1) is 26.8. The molecule has 7 nitrogen and oxygen atoms in total. The summed E-state index contributed by atoms with van der Waals surface area (Å²) in [7, 11) is 0. The Morgan fingerprint density at radius 1 is 1.16 bits per heavy atom. The molecule has 0 spiro atoms. The van der Waals surface area contributed by atoms with E-state index in [0.29, 0.717) is 34.4 Å². The fourth-order valence-electron chi connectivity index (χ4n) is 3.48. The maximum Gasteiger partial charge on any atom is 0.282 e. The Morgan fingerprint density at radius 3 is 2.54 bits per heavy atom. The van der Waals surface area contributed by atoms with Crippen LogP contribution in [0.5, 0.6) is 5.75 Å². The number of fused-ring (bicyclic) bond motifs is 1. The molecule has 3 aromatic carbocycles. The van der Waals surface area contributed by atoms with E-state index in [1.54, 1.807) is 24.3 Å². The number of aromatic nitrogens is 2. The summed E-state index contributed by atoms with van der Waals surface area (Å²) in [6.45, 7) is 1.63. The van der Waals surface area contributed by atoms with Crippen LogP contribution in [0.25, 0.3) is 10.9 Å². The first-order valence-electron chi connectivity index (χ1n) is 11.2. The zero-order valence-electron chi connectivity index (χ0n) is 19.5. The molecule has 0 radical (unpaired) electrons. The Labute approximate surface area is 230 Å². The molecule has 4 aromatic rings. The van der Waals surface area contributed by atoms with E-state index < -0.39 is 11.7 Å². The number of carbonyl (C=O) groups excluding carboxylic acids is 1. The van der Waals surface area contributed by atoms with Crippen LogP contribution in [-0.4, -0.2) is 28.4 Å². The number of hydrogen-bond donors (Lipinski definition) is 1. The van der Waals surface area contributed by atoms with E-state index in [4.69, 9.17) is 27.9 Å². The third-order valence-corrected chi connectivity index (χ3v) is 6.22. The van der Waals surface area contributed by atoms with Crippen molar-refractivity contribution < 1.29 is 13.9 Å². The van der Waals surface area contributed by atoms with Crippen LogP contribution in [0.2, 0.25) is 10.0 Å². The van der Waals surface area contributed by atoms with Crippen LogP contribution in [0.1, 0.15) is 24.7 Å². The average molecular weight is 606 g/mol. The Bertz CT molecular complexity index is 1540. The molecule has 0 saturated heterocycles. The van der Waals surface area contributed by atoms with Crippen LogP contribution in [0.15, 0.2) is 69.0 Å². The number of carbonyl (C=O) groups is 1. The topological polar surface area (TPSA) is 85.6 Å². The molecule has 0 aliphatic carbocycles. The van der Waals surface area contributed by atoms with Gasteiger partial charge in [-0.1, -0.05) is 46.1 Å². The largest absolute Gasteiger partial charge is 0.481 e. The van der Waals surface area contributed by atoms with E-state index in [9.17, 15) is 14.0 Å². The summed E-state index contributed by atoms with van der Waals surface area (Å²) >= 11 is 16.1. The minimum atomic E-state index is -0.470. The van der Waals surface area contributed by atoms with Gasteiger partial charge in [0.25, 0.3) is 11.5 Å². The van der Waals surface area contributed by atoms with Crippen molar-refractivity contribution in [1.82, 2.24) is 9.66 Å². The first-order chi connectivity index (χ1) is 17.7. The highest BCUT2D eigenvalue weighted by Crippen LogP contribution is 2.34. The lowest BCUT2D eigenvalue weighted by molar-refractivity contribution is -0.118. The summed E-state index contributed by atoms with van der Waals surface area (Å²) in [6.07, 6.45) is 2.80. The van der Waals surface area contributed by atoms with Crippen molar-refractivity contribution in [3.63, 3.8) is 0 Å². The summed E-state index contributed by atoms with van der Waals surface area (Å²) in [4.78, 5) is 29.9. The van der Waals surface area contributed by atoms with Crippen LogP contribution in [0, 0.1) is 5.82 Å². The molecule has 4 rings (SSSR count). The van der Waals surface area contributed by atoms with Crippen molar-refractivity contribution in [3.05, 3.63) is 96.7 Å². The second-order valence-corrected chi connectivity index (χ2v) is 9.69. The van der Waals surface area contributed by atoms with E-state index in [2.05, 4.69) is 31.3 Å². The molecule has 37 heavy (non-hydrogen) atoms. The highest BCUT2D eigenvalue weighted by molar-refractivity contribution is 9.10. The standard InChI is InChI=1S/C26H20BrCl2FN4O3/c1-2-3-23-33-22-9-4-16(27)12-19(22)26(36)34(23)31-13-15-10-20(28)25(21(29)11-15)37-14-24(35)32-18-7-5-17(30)6-8-18/h4-13H,2-3,14H2,1H3,(H,32,35). The third kappa shape index (κ3) is 6.54. The van der Waals surface area contributed by atoms with Gasteiger partial charge in [0.1, 0.15) is 11.6 Å². The number of rotatable bonds is 8. The Hall–Kier alpha value is -3.27. The summed E-state index contributed by atoms with van der Waals surface area (Å²) < 4.78 is 20.6. The van der Waals surface area contributed by atoms with Crippen molar-refractivity contribution in [1.29, 1.82) is 0 Å². The van der Waals surface area contributed by atoms with Crippen LogP contribution >= 0.6 is 39.1 Å². The van der Waals surface area contributed by atoms with Crippen LogP contribution in [0.3, 0.4) is 0 Å². The monoisotopic (exact) mass is 604 g/mol. The number of nitrogens with one attached hydrogen (secondary N) is 1. The van der Waals surface area contributed by atoms with E-state index in [-0.39, 0.29) is 28.0 Å². The van der Waals surface area contributed by atoms with Gasteiger partial charge in [0, 0.05) is 16.6 Å². The predicted molar refractivity (Wildman–Crippen MR) is 148 cm³/mol. The molecular weight excluding hydrogens is 586 g/mol. The zero-order chi connectivity index (χ0) is 26.5. The van der Waals surface area contributed by atoms with Crippen LogP contribution in [-0.2, 0) is 11.2 Å². The normalized spacial score (nSPS) is 11.3. The number of aryl methyl sites for hydroxylation is 1. The SMILES string of the molecule is CCCc1nc2ccc(Br)cc2c(=O)n1N=Cc1cc(Cl)c(OCC(=O)Nc2ccc(F)cc2)c(Cl)c1. The van der Waals surface area contributed by atoms with Gasteiger partial charge in [-0.3, -0.25) is 9.59 Å². The molecule has 0 saturated carbocycles. The maximum atomic E-state index is 13.1. The molecule has 0 aliphatic rings. The maximum absolute atomic E-state index is 13.1. The second-order valence-electron chi connectivity index (χ2n) is 7.96. The zero-order valence-corrected chi connectivity index (χ0v) is 22.6. The minimum Gasteiger partial charge on any atom is -0.481 e. The lowest BCUT2D eigenvalue weighted by Crippen LogP contribution is -2.22. The second kappa shape index (κ2) is 11.9. The Kier molecular flexibility index (Phi) is 8.58. The number of ether oxygens (including phenoxy) is 1. The molecule has 0 fully saturated rings. The average Bonchev–Trinajstić information content (AvgIpc) is 2.85. The van der Waals surface area contributed by atoms with E-state index in [1.165, 1.54) is 35.2 Å². The summed E-state index contributed by atoms with van der Waals surface area (Å²) in [5.74, 6) is -0.228. The lowest BCUT2D eigenvalue weighted by Gasteiger charge is -2.11. The van der Waals surface area contributed by atoms with Gasteiger partial charge in [0.05, 0.1) is 27.2 Å². The molecule has 0 unspecified atom stereocenters. The summed E-state index contributed by atoms with van der Waals surface area (Å²) in [5, 5.41) is 7.70. The molecule has 1 amide bonds. The highest BCUT2D eigenvalue weighted by atomic mass is 79.9. The Balaban J connectivity index is 1.54. The third-order valence-electron chi connectivity index (χ3n) is 5.17. The quantitative estimate of drug-likeness (QED) is 0.234. The van der Waals surface area contributed by atoms with E-state index in [0.717, 1.165) is 10.9 Å². The molecule has 1 aromatic heterocycles. The lowest BCUT2D eigenvalue weighted by atomic mass is 10.2. The summed E-state index contributed by atoms with van der Waals surface area (Å²) in [5.41, 5.74) is 1.24. The number of nitrogens with zero attached hydrogens (tertiary/aromatic N) is 3. The molecule has 1 N–H and O–H groups in total. The van der Waals surface area contributed by atoms with Gasteiger partial charge in [-0.05, 0) is 66.6 Å². The van der Waals surface area contributed by atoms with Gasteiger partial charge in [-0.15, -0.1) is 0 Å². The first-order valence-corrected chi connectivity index (χ1v) is 12.7. The highest BCUT2D eigenvalue weighted by Gasteiger charge is 2.13. The van der Waals surface area contributed by atoms with Gasteiger partial charge in [0.2, 0.25) is 0 Å². The number of hydrogen-bond acceptors (Lipinski definition) is 5. The molecular formula is C26H20BrCl2FN4O3. The number of benzene rings is 3. The molecule has 11 heteroatoms. The van der Waals surface area contributed by atoms with Gasteiger partial charge >= 0.3 is 0 Å². The molecule has 0 bridgehead atoms. The molecule has 190 valence electrons. The van der Waals surface area contributed by atoms with Crippen molar-refractivity contribution in [2.75, 3.05) is 11.9 Å².